The number of hydrogen-bond donors (Lipinski definition) is 2. The van der Waals surface area contributed by atoms with E-state index in [9.17, 15) is 18.8 Å². The number of likely N-dealkylation sites (N-methyl/N-ethyl adjacent to an activating group) is 2. The average molecular weight is 662 g/mol. The fourth-order valence-electron chi connectivity index (χ4n) is 6.46. The predicted octanol–water partition coefficient (Wildman–Crippen LogP) is 4.03. The molecule has 0 aromatic heterocycles. The van der Waals surface area contributed by atoms with Gasteiger partial charge in [0.25, 0.3) is 0 Å². The molecule has 2 N–H and O–H groups in total. The molecule has 5 rings (SSSR count). The van der Waals surface area contributed by atoms with Crippen LogP contribution in [0.1, 0.15) is 43.2 Å². The zero-order chi connectivity index (χ0) is 34.5. The van der Waals surface area contributed by atoms with Crippen LogP contribution < -0.4 is 10.6 Å². The second-order valence-corrected chi connectivity index (χ2v) is 12.9. The van der Waals surface area contributed by atoms with Crippen molar-refractivity contribution in [3.63, 3.8) is 0 Å². The lowest BCUT2D eigenvalue weighted by Crippen LogP contribution is -2.56. The van der Waals surface area contributed by atoms with E-state index in [4.69, 9.17) is 4.74 Å². The number of amides is 3. The van der Waals surface area contributed by atoms with Gasteiger partial charge in [-0.3, -0.25) is 14.4 Å². The van der Waals surface area contributed by atoms with E-state index in [1.54, 1.807) is 26.2 Å². The number of ether oxygens (including phenoxy) is 1. The molecule has 2 aliphatic heterocycles. The molecule has 260 valence electrons. The van der Waals surface area contributed by atoms with Gasteiger partial charge in [0, 0.05) is 46.6 Å². The molecule has 3 aromatic rings. The third-order valence-corrected chi connectivity index (χ3v) is 9.52. The van der Waals surface area contributed by atoms with Gasteiger partial charge in [-0.2, -0.15) is 0 Å². The van der Waals surface area contributed by atoms with E-state index in [-0.39, 0.29) is 43.0 Å². The minimum atomic E-state index is -0.871. The standard InChI is InChI=1S/C34H43FN4O4.C4H9N/c1-37-19-7-10-29(37)17-18-36-33(41)30(21-24-12-15-28(35)16-13-24)39(3)34(42)31(38(2)32(40)23-43-4)22-25-11-14-26-8-5-6-9-27(26)20-25;1-2-4-5-3-1/h5-6,8-9,11-16,20,29-31H,7,10,17-19,21-23H2,1-4H3,(H,36,41);5H,1-4H2/t29?,30?,31-;/m1./s1. The molecule has 2 heterocycles. The number of nitrogens with zero attached hydrogens (tertiary/aromatic N) is 3. The number of rotatable bonds is 13. The Hall–Kier alpha value is -3.86. The van der Waals surface area contributed by atoms with Gasteiger partial charge in [-0.05, 0) is 92.8 Å². The van der Waals surface area contributed by atoms with Gasteiger partial charge in [0.05, 0.1) is 0 Å². The summed E-state index contributed by atoms with van der Waals surface area (Å²) in [6.45, 7) is 3.87. The number of likely N-dealkylation sites (tertiary alicyclic amines) is 1. The molecule has 3 amide bonds. The summed E-state index contributed by atoms with van der Waals surface area (Å²) in [7, 11) is 6.72. The normalized spacial score (nSPS) is 17.3. The summed E-state index contributed by atoms with van der Waals surface area (Å²) in [6.07, 6.45) is 6.31. The lowest BCUT2D eigenvalue weighted by Gasteiger charge is -2.34. The molecule has 3 aromatic carbocycles. The van der Waals surface area contributed by atoms with Crippen molar-refractivity contribution < 1.29 is 23.5 Å². The van der Waals surface area contributed by atoms with E-state index >= 15 is 0 Å². The summed E-state index contributed by atoms with van der Waals surface area (Å²) in [4.78, 5) is 46.0. The summed E-state index contributed by atoms with van der Waals surface area (Å²) >= 11 is 0. The molecule has 3 atom stereocenters. The first-order valence-electron chi connectivity index (χ1n) is 17.1. The number of fused-ring (bicyclic) bond motifs is 1. The van der Waals surface area contributed by atoms with Crippen molar-refractivity contribution in [3.8, 4) is 0 Å². The van der Waals surface area contributed by atoms with Crippen molar-refractivity contribution in [2.75, 3.05) is 61.0 Å². The number of halogens is 1. The Morgan fingerprint density at radius 3 is 2.21 bits per heavy atom. The van der Waals surface area contributed by atoms with Gasteiger partial charge in [-0.1, -0.05) is 54.6 Å². The van der Waals surface area contributed by atoms with Gasteiger partial charge < -0.3 is 30.1 Å². The van der Waals surface area contributed by atoms with Crippen LogP contribution in [0, 0.1) is 5.82 Å². The highest BCUT2D eigenvalue weighted by molar-refractivity contribution is 5.92. The number of methoxy groups -OCH3 is 1. The van der Waals surface area contributed by atoms with Gasteiger partial charge in [0.2, 0.25) is 17.7 Å². The first-order chi connectivity index (χ1) is 23.2. The molecular formula is C38H52FN5O4. The molecular weight excluding hydrogens is 609 g/mol. The summed E-state index contributed by atoms with van der Waals surface area (Å²) in [6, 6.07) is 18.6. The summed E-state index contributed by atoms with van der Waals surface area (Å²) < 4.78 is 18.7. The van der Waals surface area contributed by atoms with Crippen LogP contribution in [0.4, 0.5) is 4.39 Å². The van der Waals surface area contributed by atoms with Crippen molar-refractivity contribution in [3.05, 3.63) is 83.7 Å². The Labute approximate surface area is 284 Å². The topological polar surface area (TPSA) is 94.2 Å². The lowest BCUT2D eigenvalue weighted by molar-refractivity contribution is -0.148. The van der Waals surface area contributed by atoms with Crippen LogP contribution in [-0.2, 0) is 32.0 Å². The van der Waals surface area contributed by atoms with Crippen LogP contribution in [0.25, 0.3) is 10.8 Å². The second-order valence-electron chi connectivity index (χ2n) is 12.9. The molecule has 48 heavy (non-hydrogen) atoms. The van der Waals surface area contributed by atoms with Crippen LogP contribution in [-0.4, -0.2) is 112 Å². The highest BCUT2D eigenvalue weighted by atomic mass is 19.1. The summed E-state index contributed by atoms with van der Waals surface area (Å²) in [5.74, 6) is -1.35. The fourth-order valence-corrected chi connectivity index (χ4v) is 6.46. The van der Waals surface area contributed by atoms with Gasteiger partial charge in [0.15, 0.2) is 0 Å². The average Bonchev–Trinajstić information content (AvgIpc) is 3.82. The number of carbonyl (C=O) groups is 3. The van der Waals surface area contributed by atoms with E-state index in [0.717, 1.165) is 47.7 Å². The highest BCUT2D eigenvalue weighted by Gasteiger charge is 2.35. The Morgan fingerprint density at radius 2 is 1.58 bits per heavy atom. The van der Waals surface area contributed by atoms with Gasteiger partial charge in [-0.15, -0.1) is 0 Å². The summed E-state index contributed by atoms with van der Waals surface area (Å²) in [5.41, 5.74) is 1.62. The smallest absolute Gasteiger partial charge is 0.248 e. The Morgan fingerprint density at radius 1 is 0.917 bits per heavy atom. The molecule has 10 heteroatoms. The number of nitrogens with one attached hydrogen (secondary N) is 2. The molecule has 2 saturated heterocycles. The molecule has 0 saturated carbocycles. The maximum Gasteiger partial charge on any atom is 0.248 e. The molecule has 0 spiro atoms. The maximum absolute atomic E-state index is 14.2. The fraction of sp³-hybridized carbons (Fsp3) is 0.500. The SMILES string of the molecule is C1CCNC1.COCC(=O)N(C)[C@H](Cc1ccc2ccccc2c1)C(=O)N(C)C(Cc1ccc(F)cc1)C(=O)NCCC1CCCN1C. The largest absolute Gasteiger partial charge is 0.375 e. The Bertz CT molecular complexity index is 1470. The van der Waals surface area contributed by atoms with Crippen molar-refractivity contribution in [2.45, 2.75) is 63.1 Å². The predicted molar refractivity (Wildman–Crippen MR) is 188 cm³/mol. The highest BCUT2D eigenvalue weighted by Crippen LogP contribution is 2.21. The van der Waals surface area contributed by atoms with Crippen molar-refractivity contribution in [1.82, 2.24) is 25.3 Å². The second kappa shape index (κ2) is 18.6. The zero-order valence-corrected chi connectivity index (χ0v) is 28.9. The summed E-state index contributed by atoms with van der Waals surface area (Å²) in [5, 5.41) is 8.38. The number of hydrogen-bond acceptors (Lipinski definition) is 6. The Kier molecular flexibility index (Phi) is 14.3. The maximum atomic E-state index is 14.2. The molecule has 0 bridgehead atoms. The molecule has 2 aliphatic rings. The van der Waals surface area contributed by atoms with Crippen LogP contribution in [0.3, 0.4) is 0 Å². The van der Waals surface area contributed by atoms with Crippen LogP contribution in [0.15, 0.2) is 66.7 Å². The molecule has 9 nitrogen and oxygen atoms in total. The van der Waals surface area contributed by atoms with Crippen molar-refractivity contribution in [1.29, 1.82) is 0 Å². The lowest BCUT2D eigenvalue weighted by atomic mass is 9.98. The van der Waals surface area contributed by atoms with E-state index in [1.807, 2.05) is 42.5 Å². The van der Waals surface area contributed by atoms with Crippen molar-refractivity contribution >= 4 is 28.5 Å². The van der Waals surface area contributed by atoms with E-state index < -0.39 is 12.1 Å². The monoisotopic (exact) mass is 661 g/mol. The van der Waals surface area contributed by atoms with Crippen LogP contribution in [0.5, 0.6) is 0 Å². The first-order valence-corrected chi connectivity index (χ1v) is 17.1. The minimum Gasteiger partial charge on any atom is -0.375 e. The minimum absolute atomic E-state index is 0.170. The van der Waals surface area contributed by atoms with Crippen molar-refractivity contribution in [2.24, 2.45) is 0 Å². The number of carbonyl (C=O) groups excluding carboxylic acids is 3. The number of benzene rings is 3. The van der Waals surface area contributed by atoms with E-state index in [0.29, 0.717) is 12.6 Å². The third kappa shape index (κ3) is 10.6. The molecule has 0 aliphatic carbocycles. The molecule has 0 radical (unpaired) electrons. The van der Waals surface area contributed by atoms with Gasteiger partial charge >= 0.3 is 0 Å². The van der Waals surface area contributed by atoms with Gasteiger partial charge in [0.1, 0.15) is 24.5 Å². The molecule has 2 fully saturated rings. The zero-order valence-electron chi connectivity index (χ0n) is 28.9. The van der Waals surface area contributed by atoms with Crippen LogP contribution >= 0.6 is 0 Å². The first kappa shape index (κ1) is 37.0. The van der Waals surface area contributed by atoms with Crippen LogP contribution in [0.2, 0.25) is 0 Å². The molecule has 2 unspecified atom stereocenters. The quantitative estimate of drug-likeness (QED) is 0.288. The Balaban J connectivity index is 0.000000950. The van der Waals surface area contributed by atoms with E-state index in [1.165, 1.54) is 55.0 Å². The third-order valence-electron chi connectivity index (χ3n) is 9.52. The van der Waals surface area contributed by atoms with Gasteiger partial charge in [-0.25, -0.2) is 4.39 Å². The van der Waals surface area contributed by atoms with E-state index in [2.05, 4.69) is 22.6 Å².